The zero-order valence-corrected chi connectivity index (χ0v) is 17.1. The van der Waals surface area contributed by atoms with Gasteiger partial charge in [-0.05, 0) is 49.2 Å². The number of halogens is 1. The summed E-state index contributed by atoms with van der Waals surface area (Å²) in [5, 5.41) is 0. The van der Waals surface area contributed by atoms with E-state index in [1.165, 1.54) is 49.8 Å². The zero-order valence-electron chi connectivity index (χ0n) is 17.1. The second kappa shape index (κ2) is 7.30. The minimum atomic E-state index is -0.258. The molecule has 3 heterocycles. The molecule has 5 nitrogen and oxygen atoms in total. The van der Waals surface area contributed by atoms with Crippen molar-refractivity contribution in [2.75, 3.05) is 0 Å². The fraction of sp³-hybridized carbons (Fsp3) is 0.240. The SMILES string of the molecule is Fc1ccc(-c2cn3ccnc3c(-c3ccc4c(c3)ncn4C3CCCCC3)n2)cc1. The van der Waals surface area contributed by atoms with Crippen molar-refractivity contribution in [3.05, 3.63) is 73.2 Å². The highest BCUT2D eigenvalue weighted by Gasteiger charge is 2.18. The molecule has 154 valence electrons. The van der Waals surface area contributed by atoms with Crippen LogP contribution in [0.15, 0.2) is 67.4 Å². The summed E-state index contributed by atoms with van der Waals surface area (Å²) in [4.78, 5) is 14.1. The highest BCUT2D eigenvalue weighted by Crippen LogP contribution is 2.33. The molecule has 1 saturated carbocycles. The van der Waals surface area contributed by atoms with Crippen molar-refractivity contribution in [1.82, 2.24) is 23.9 Å². The van der Waals surface area contributed by atoms with Crippen molar-refractivity contribution in [2.45, 2.75) is 38.1 Å². The number of hydrogen-bond acceptors (Lipinski definition) is 3. The van der Waals surface area contributed by atoms with Crippen LogP contribution in [0.1, 0.15) is 38.1 Å². The number of hydrogen-bond donors (Lipinski definition) is 0. The van der Waals surface area contributed by atoms with Crippen LogP contribution in [-0.2, 0) is 0 Å². The minimum absolute atomic E-state index is 0.258. The average Bonchev–Trinajstić information content (AvgIpc) is 3.46. The van der Waals surface area contributed by atoms with Crippen LogP contribution in [0.5, 0.6) is 0 Å². The molecule has 2 aromatic carbocycles. The fourth-order valence-electron chi connectivity index (χ4n) is 4.71. The first-order chi connectivity index (χ1) is 15.3. The van der Waals surface area contributed by atoms with Gasteiger partial charge in [0.05, 0.1) is 23.1 Å². The molecule has 0 atom stereocenters. The number of aromatic nitrogens is 5. The summed E-state index contributed by atoms with van der Waals surface area (Å²) < 4.78 is 17.7. The third-order valence-corrected chi connectivity index (χ3v) is 6.33. The maximum atomic E-state index is 13.4. The zero-order chi connectivity index (χ0) is 20.8. The molecule has 1 fully saturated rings. The van der Waals surface area contributed by atoms with E-state index in [4.69, 9.17) is 9.97 Å². The smallest absolute Gasteiger partial charge is 0.163 e. The summed E-state index contributed by atoms with van der Waals surface area (Å²) in [6, 6.07) is 13.3. The van der Waals surface area contributed by atoms with Crippen LogP contribution < -0.4 is 0 Å². The largest absolute Gasteiger partial charge is 0.327 e. The summed E-state index contributed by atoms with van der Waals surface area (Å²) in [5.74, 6) is -0.258. The monoisotopic (exact) mass is 411 g/mol. The van der Waals surface area contributed by atoms with Gasteiger partial charge in [-0.15, -0.1) is 0 Å². The van der Waals surface area contributed by atoms with Crippen molar-refractivity contribution in [3.8, 4) is 22.5 Å². The van der Waals surface area contributed by atoms with E-state index in [9.17, 15) is 4.39 Å². The second-order valence-electron chi connectivity index (χ2n) is 8.29. The molecule has 0 aliphatic heterocycles. The van der Waals surface area contributed by atoms with E-state index in [1.54, 1.807) is 18.3 Å². The van der Waals surface area contributed by atoms with Gasteiger partial charge in [-0.1, -0.05) is 25.3 Å². The molecule has 5 aromatic rings. The molecular formula is C25H22FN5. The van der Waals surface area contributed by atoms with Gasteiger partial charge in [0.2, 0.25) is 0 Å². The average molecular weight is 411 g/mol. The van der Waals surface area contributed by atoms with Crippen LogP contribution in [0.2, 0.25) is 0 Å². The number of nitrogens with zero attached hydrogens (tertiary/aromatic N) is 5. The Balaban J connectivity index is 1.46. The maximum absolute atomic E-state index is 13.4. The van der Waals surface area contributed by atoms with E-state index in [2.05, 4.69) is 27.8 Å². The molecule has 6 heteroatoms. The van der Waals surface area contributed by atoms with Crippen LogP contribution in [0.4, 0.5) is 4.39 Å². The van der Waals surface area contributed by atoms with Crippen molar-refractivity contribution >= 4 is 16.7 Å². The quantitative estimate of drug-likeness (QED) is 0.363. The third kappa shape index (κ3) is 3.19. The van der Waals surface area contributed by atoms with Crippen LogP contribution in [0.25, 0.3) is 39.2 Å². The first kappa shape index (κ1) is 18.2. The molecule has 1 aliphatic rings. The summed E-state index contributed by atoms with van der Waals surface area (Å²) >= 11 is 0. The Morgan fingerprint density at radius 3 is 2.55 bits per heavy atom. The first-order valence-electron chi connectivity index (χ1n) is 10.8. The van der Waals surface area contributed by atoms with Crippen LogP contribution in [-0.4, -0.2) is 23.9 Å². The molecule has 0 spiro atoms. The van der Waals surface area contributed by atoms with Gasteiger partial charge in [0, 0.05) is 35.8 Å². The molecule has 0 saturated heterocycles. The second-order valence-corrected chi connectivity index (χ2v) is 8.29. The van der Waals surface area contributed by atoms with Gasteiger partial charge in [0.1, 0.15) is 11.5 Å². The van der Waals surface area contributed by atoms with Crippen molar-refractivity contribution in [3.63, 3.8) is 0 Å². The van der Waals surface area contributed by atoms with Gasteiger partial charge in [-0.25, -0.2) is 19.3 Å². The molecule has 31 heavy (non-hydrogen) atoms. The Morgan fingerprint density at radius 2 is 1.71 bits per heavy atom. The van der Waals surface area contributed by atoms with Gasteiger partial charge >= 0.3 is 0 Å². The van der Waals surface area contributed by atoms with E-state index < -0.39 is 0 Å². The van der Waals surface area contributed by atoms with Gasteiger partial charge < -0.3 is 8.97 Å². The number of rotatable bonds is 3. The fourth-order valence-corrected chi connectivity index (χ4v) is 4.71. The minimum Gasteiger partial charge on any atom is -0.327 e. The molecule has 0 N–H and O–H groups in total. The van der Waals surface area contributed by atoms with Crippen molar-refractivity contribution in [1.29, 1.82) is 0 Å². The number of benzene rings is 2. The standard InChI is InChI=1S/C25H22FN5/c26-19-9-6-17(7-10-19)22-15-30-13-12-27-25(30)24(29-22)18-8-11-23-21(14-18)28-16-31(23)20-4-2-1-3-5-20/h6-16,20H,1-5H2. The molecular weight excluding hydrogens is 389 g/mol. The van der Waals surface area contributed by atoms with Crippen LogP contribution >= 0.6 is 0 Å². The topological polar surface area (TPSA) is 48.0 Å². The van der Waals surface area contributed by atoms with Crippen LogP contribution in [0, 0.1) is 5.82 Å². The molecule has 3 aromatic heterocycles. The normalized spacial score (nSPS) is 15.1. The Morgan fingerprint density at radius 1 is 0.903 bits per heavy atom. The van der Waals surface area contributed by atoms with Gasteiger partial charge in [0.15, 0.2) is 5.65 Å². The Kier molecular flexibility index (Phi) is 4.30. The summed E-state index contributed by atoms with van der Waals surface area (Å²) in [6.07, 6.45) is 14.0. The maximum Gasteiger partial charge on any atom is 0.163 e. The van der Waals surface area contributed by atoms with Gasteiger partial charge in [-0.3, -0.25) is 0 Å². The number of fused-ring (bicyclic) bond motifs is 2. The predicted molar refractivity (Wildman–Crippen MR) is 119 cm³/mol. The van der Waals surface area contributed by atoms with Gasteiger partial charge in [-0.2, -0.15) is 0 Å². The highest BCUT2D eigenvalue weighted by atomic mass is 19.1. The molecule has 0 radical (unpaired) electrons. The van der Waals surface area contributed by atoms with E-state index in [0.29, 0.717) is 6.04 Å². The lowest BCUT2D eigenvalue weighted by atomic mass is 9.95. The first-order valence-corrected chi connectivity index (χ1v) is 10.8. The molecule has 1 aliphatic carbocycles. The Bertz CT molecular complexity index is 1380. The summed E-state index contributed by atoms with van der Waals surface area (Å²) in [6.45, 7) is 0. The Labute approximate surface area is 179 Å². The summed E-state index contributed by atoms with van der Waals surface area (Å²) in [5.41, 5.74) is 6.33. The van der Waals surface area contributed by atoms with E-state index in [1.807, 2.05) is 23.1 Å². The highest BCUT2D eigenvalue weighted by molar-refractivity contribution is 5.85. The lowest BCUT2D eigenvalue weighted by Gasteiger charge is -2.23. The molecule has 6 rings (SSSR count). The number of imidazole rings is 2. The lowest BCUT2D eigenvalue weighted by molar-refractivity contribution is 0.359. The third-order valence-electron chi connectivity index (χ3n) is 6.33. The van der Waals surface area contributed by atoms with Crippen molar-refractivity contribution in [2.24, 2.45) is 0 Å². The van der Waals surface area contributed by atoms with E-state index in [0.717, 1.165) is 33.7 Å². The Hall–Kier alpha value is -3.54. The van der Waals surface area contributed by atoms with Crippen LogP contribution in [0.3, 0.4) is 0 Å². The van der Waals surface area contributed by atoms with E-state index in [-0.39, 0.29) is 5.82 Å². The molecule has 0 unspecified atom stereocenters. The van der Waals surface area contributed by atoms with Gasteiger partial charge in [0.25, 0.3) is 0 Å². The lowest BCUT2D eigenvalue weighted by Crippen LogP contribution is -2.11. The summed E-state index contributed by atoms with van der Waals surface area (Å²) in [7, 11) is 0. The molecule has 0 bridgehead atoms. The van der Waals surface area contributed by atoms with Crippen molar-refractivity contribution < 1.29 is 4.39 Å². The van der Waals surface area contributed by atoms with E-state index >= 15 is 0 Å². The predicted octanol–water partition coefficient (Wildman–Crippen LogP) is 6.06. The molecule has 0 amide bonds.